The van der Waals surface area contributed by atoms with Crippen LogP contribution in [0, 0.1) is 0 Å². The Balaban J connectivity index is 2.03. The van der Waals surface area contributed by atoms with Crippen LogP contribution < -0.4 is 5.73 Å². The average molecular weight is 235 g/mol. The molecule has 0 fully saturated rings. The summed E-state index contributed by atoms with van der Waals surface area (Å²) >= 11 is 0. The van der Waals surface area contributed by atoms with Gasteiger partial charge >= 0.3 is 7.12 Å². The fraction of sp³-hybridized carbons (Fsp3) is 0.455. The van der Waals surface area contributed by atoms with Crippen molar-refractivity contribution in [2.45, 2.75) is 12.2 Å². The van der Waals surface area contributed by atoms with Gasteiger partial charge < -0.3 is 24.9 Å². The van der Waals surface area contributed by atoms with Crippen molar-refractivity contribution in [2.75, 3.05) is 19.8 Å². The standard InChI is InChI=1S/C11H14BNO4/c13-4-8-3-7-1-2-15-6-9-10(5-14)17-12(16-8)11(7)9/h1-3,8,10,14H,4-6,13H2/t8?,10-/m0/s1. The highest BCUT2D eigenvalue weighted by atomic mass is 16.6. The van der Waals surface area contributed by atoms with E-state index in [-0.39, 0.29) is 18.8 Å². The molecule has 0 radical (unpaired) electrons. The van der Waals surface area contributed by atoms with Crippen LogP contribution in [0.1, 0.15) is 0 Å². The van der Waals surface area contributed by atoms with E-state index in [0.717, 1.165) is 16.6 Å². The van der Waals surface area contributed by atoms with Gasteiger partial charge in [0.15, 0.2) is 0 Å². The quantitative estimate of drug-likeness (QED) is 0.633. The summed E-state index contributed by atoms with van der Waals surface area (Å²) in [6.45, 7) is 0.772. The van der Waals surface area contributed by atoms with Gasteiger partial charge in [0.05, 0.1) is 25.1 Å². The minimum atomic E-state index is -0.429. The molecule has 0 aliphatic carbocycles. The molecule has 90 valence electrons. The van der Waals surface area contributed by atoms with Crippen molar-refractivity contribution in [3.63, 3.8) is 0 Å². The van der Waals surface area contributed by atoms with Crippen LogP contribution in [-0.2, 0) is 14.0 Å². The maximum atomic E-state index is 9.31. The number of rotatable bonds is 2. The van der Waals surface area contributed by atoms with Crippen LogP contribution in [0.15, 0.2) is 35.0 Å². The van der Waals surface area contributed by atoms with Crippen molar-refractivity contribution in [3.8, 4) is 0 Å². The van der Waals surface area contributed by atoms with Gasteiger partial charge in [-0.2, -0.15) is 0 Å². The molecule has 0 aromatic rings. The smallest absolute Gasteiger partial charge is 0.495 e. The lowest BCUT2D eigenvalue weighted by Crippen LogP contribution is -2.37. The Morgan fingerprint density at radius 1 is 1.47 bits per heavy atom. The molecule has 2 atom stereocenters. The summed E-state index contributed by atoms with van der Waals surface area (Å²) in [6, 6.07) is 0. The first-order valence-corrected chi connectivity index (χ1v) is 5.68. The first-order valence-electron chi connectivity index (χ1n) is 5.68. The van der Waals surface area contributed by atoms with E-state index in [0.29, 0.717) is 13.2 Å². The summed E-state index contributed by atoms with van der Waals surface area (Å²) < 4.78 is 16.7. The molecule has 3 rings (SSSR count). The van der Waals surface area contributed by atoms with Gasteiger partial charge in [-0.1, -0.05) is 0 Å². The molecule has 6 heteroatoms. The second kappa shape index (κ2) is 4.31. The van der Waals surface area contributed by atoms with Crippen LogP contribution >= 0.6 is 0 Å². The van der Waals surface area contributed by atoms with Crippen molar-refractivity contribution in [2.24, 2.45) is 5.73 Å². The minimum Gasteiger partial charge on any atom is -0.497 e. The van der Waals surface area contributed by atoms with Crippen LogP contribution in [-0.4, -0.2) is 44.2 Å². The molecule has 0 amide bonds. The first-order chi connectivity index (χ1) is 8.33. The Hall–Kier alpha value is -1.08. The molecule has 3 aliphatic heterocycles. The number of nitrogens with two attached hydrogens (primary N) is 1. The van der Waals surface area contributed by atoms with Gasteiger partial charge in [-0.05, 0) is 28.8 Å². The van der Waals surface area contributed by atoms with E-state index in [1.165, 1.54) is 0 Å². The van der Waals surface area contributed by atoms with E-state index in [2.05, 4.69) is 0 Å². The summed E-state index contributed by atoms with van der Waals surface area (Å²) in [4.78, 5) is 0. The van der Waals surface area contributed by atoms with Gasteiger partial charge in [0.1, 0.15) is 6.61 Å². The molecule has 0 aromatic heterocycles. The lowest BCUT2D eigenvalue weighted by atomic mass is 9.70. The van der Waals surface area contributed by atoms with E-state index in [1.807, 2.05) is 12.2 Å². The fourth-order valence-electron chi connectivity index (χ4n) is 2.39. The molecule has 3 N–H and O–H groups in total. The summed E-state index contributed by atoms with van der Waals surface area (Å²) in [7, 11) is -0.429. The number of aliphatic hydroxyl groups excluding tert-OH is 1. The van der Waals surface area contributed by atoms with Gasteiger partial charge in [0, 0.05) is 6.54 Å². The monoisotopic (exact) mass is 235 g/mol. The second-order valence-corrected chi connectivity index (χ2v) is 4.22. The Kier molecular flexibility index (Phi) is 2.80. The van der Waals surface area contributed by atoms with Gasteiger partial charge in [-0.15, -0.1) is 0 Å². The van der Waals surface area contributed by atoms with Crippen molar-refractivity contribution in [1.29, 1.82) is 0 Å². The summed E-state index contributed by atoms with van der Waals surface area (Å²) in [6.07, 6.45) is 5.04. The van der Waals surface area contributed by atoms with Crippen LogP contribution in [0.3, 0.4) is 0 Å². The van der Waals surface area contributed by atoms with Crippen LogP contribution in [0.5, 0.6) is 0 Å². The molecule has 0 saturated heterocycles. The molecule has 0 bridgehead atoms. The van der Waals surface area contributed by atoms with E-state index < -0.39 is 7.12 Å². The number of hydrogen-bond acceptors (Lipinski definition) is 5. The minimum absolute atomic E-state index is 0.0668. The molecule has 3 heterocycles. The Morgan fingerprint density at radius 3 is 3.12 bits per heavy atom. The van der Waals surface area contributed by atoms with E-state index in [4.69, 9.17) is 19.8 Å². The van der Waals surface area contributed by atoms with Gasteiger partial charge in [-0.3, -0.25) is 0 Å². The number of ether oxygens (including phenoxy) is 1. The highest BCUT2D eigenvalue weighted by Gasteiger charge is 2.44. The third kappa shape index (κ3) is 1.73. The zero-order valence-corrected chi connectivity index (χ0v) is 9.33. The predicted octanol–water partition coefficient (Wildman–Crippen LogP) is -0.471. The second-order valence-electron chi connectivity index (χ2n) is 4.22. The lowest BCUT2D eigenvalue weighted by molar-refractivity contribution is 0.100. The summed E-state index contributed by atoms with van der Waals surface area (Å²) in [5.74, 6) is 0. The lowest BCUT2D eigenvalue weighted by Gasteiger charge is -2.24. The van der Waals surface area contributed by atoms with Crippen LogP contribution in [0.4, 0.5) is 0 Å². The largest absolute Gasteiger partial charge is 0.497 e. The summed E-state index contributed by atoms with van der Waals surface area (Å²) in [5, 5.41) is 9.31. The van der Waals surface area contributed by atoms with E-state index >= 15 is 0 Å². The molecule has 3 aliphatic rings. The van der Waals surface area contributed by atoms with E-state index in [1.54, 1.807) is 6.26 Å². The molecule has 5 nitrogen and oxygen atoms in total. The van der Waals surface area contributed by atoms with Crippen molar-refractivity contribution in [3.05, 3.63) is 35.0 Å². The highest BCUT2D eigenvalue weighted by molar-refractivity contribution is 6.57. The topological polar surface area (TPSA) is 73.9 Å². The van der Waals surface area contributed by atoms with Crippen molar-refractivity contribution >= 4 is 7.12 Å². The van der Waals surface area contributed by atoms with Crippen LogP contribution in [0.2, 0.25) is 0 Å². The Labute approximate surface area is 99.7 Å². The highest BCUT2D eigenvalue weighted by Crippen LogP contribution is 2.36. The van der Waals surface area contributed by atoms with E-state index in [9.17, 15) is 5.11 Å². The predicted molar refractivity (Wildman–Crippen MR) is 61.8 cm³/mol. The van der Waals surface area contributed by atoms with Gasteiger partial charge in [0.25, 0.3) is 0 Å². The van der Waals surface area contributed by atoms with Crippen LogP contribution in [0.25, 0.3) is 0 Å². The molecular formula is C11H14BNO4. The molecule has 0 saturated carbocycles. The molecule has 0 aromatic carbocycles. The van der Waals surface area contributed by atoms with Crippen molar-refractivity contribution in [1.82, 2.24) is 0 Å². The number of hydrogen-bond donors (Lipinski definition) is 2. The zero-order valence-electron chi connectivity index (χ0n) is 9.33. The van der Waals surface area contributed by atoms with Gasteiger partial charge in [0.2, 0.25) is 0 Å². The zero-order chi connectivity index (χ0) is 11.8. The third-order valence-corrected chi connectivity index (χ3v) is 3.21. The molecular weight excluding hydrogens is 221 g/mol. The summed E-state index contributed by atoms with van der Waals surface area (Å²) in [5.41, 5.74) is 8.59. The maximum absolute atomic E-state index is 9.31. The normalized spacial score (nSPS) is 30.9. The molecule has 1 unspecified atom stereocenters. The third-order valence-electron chi connectivity index (χ3n) is 3.21. The number of allylic oxidation sites excluding steroid dienone is 3. The number of aliphatic hydroxyl groups is 1. The molecule has 17 heavy (non-hydrogen) atoms. The average Bonchev–Trinajstić information content (AvgIpc) is 2.57. The molecule has 0 spiro atoms. The van der Waals surface area contributed by atoms with Crippen molar-refractivity contribution < 1.29 is 19.2 Å². The first kappa shape index (κ1) is 11.0. The Morgan fingerprint density at radius 2 is 2.35 bits per heavy atom. The van der Waals surface area contributed by atoms with Gasteiger partial charge in [-0.25, -0.2) is 0 Å². The maximum Gasteiger partial charge on any atom is 0.495 e. The fourth-order valence-corrected chi connectivity index (χ4v) is 2.39. The Bertz CT molecular complexity index is 418. The SMILES string of the molecule is NCC1C=C2C=COCC3=C2B(O1)O[C@H]3CO.